The lowest BCUT2D eigenvalue weighted by molar-refractivity contribution is 0.0169. The van der Waals surface area contributed by atoms with E-state index in [1.807, 2.05) is 0 Å². The molecule has 0 spiro atoms. The number of hydrogen-bond acceptors (Lipinski definition) is 4. The predicted molar refractivity (Wildman–Crippen MR) is 54.5 cm³/mol. The largest absolute Gasteiger partial charge is 0.375 e. The normalized spacial score (nSPS) is 11.1. The number of ketones is 1. The van der Waals surface area contributed by atoms with E-state index >= 15 is 0 Å². The van der Waals surface area contributed by atoms with Crippen LogP contribution in [-0.2, 0) is 11.8 Å². The Kier molecular flexibility index (Phi) is 4.94. The zero-order chi connectivity index (χ0) is 12.1. The van der Waals surface area contributed by atoms with Crippen molar-refractivity contribution < 1.29 is 18.3 Å². The van der Waals surface area contributed by atoms with Crippen LogP contribution in [0.5, 0.6) is 0 Å². The van der Waals surface area contributed by atoms with E-state index in [1.165, 1.54) is 4.68 Å². The number of hydrogen-bond donors (Lipinski definition) is 0. The van der Waals surface area contributed by atoms with Crippen LogP contribution in [0.3, 0.4) is 0 Å². The highest BCUT2D eigenvalue weighted by Gasteiger charge is 2.16. The van der Waals surface area contributed by atoms with Gasteiger partial charge in [0.2, 0.25) is 0 Å². The van der Waals surface area contributed by atoms with E-state index < -0.39 is 13.0 Å². The fraction of sp³-hybridized carbons (Fsp3) is 0.625. The van der Waals surface area contributed by atoms with Gasteiger partial charge in [-0.15, -0.1) is 5.10 Å². The smallest absolute Gasteiger partial charge is 0.261 e. The third kappa shape index (κ3) is 3.60. The van der Waals surface area contributed by atoms with Gasteiger partial charge in [0.1, 0.15) is 12.3 Å². The highest BCUT2D eigenvalue weighted by atomic mass is 79.9. The molecule has 0 aromatic carbocycles. The molecule has 1 rings (SSSR count). The number of ether oxygens (including phenoxy) is 1. The molecule has 0 aliphatic rings. The Balaban J connectivity index is 2.41. The first-order valence-electron chi connectivity index (χ1n) is 4.46. The summed E-state index contributed by atoms with van der Waals surface area (Å²) in [5.41, 5.74) is 0.306. The molecule has 0 N–H and O–H groups in total. The number of halogens is 3. The van der Waals surface area contributed by atoms with Gasteiger partial charge in [-0.25, -0.2) is 13.5 Å². The summed E-state index contributed by atoms with van der Waals surface area (Å²) >= 11 is 3.07. The Morgan fingerprint density at radius 3 is 2.81 bits per heavy atom. The lowest BCUT2D eigenvalue weighted by Crippen LogP contribution is -2.12. The summed E-state index contributed by atoms with van der Waals surface area (Å²) in [5, 5.41) is 7.27. The average molecular weight is 298 g/mol. The number of rotatable bonds is 6. The van der Waals surface area contributed by atoms with Crippen LogP contribution in [0.4, 0.5) is 8.78 Å². The van der Waals surface area contributed by atoms with E-state index in [2.05, 4.69) is 31.0 Å². The van der Waals surface area contributed by atoms with Gasteiger partial charge in [0.25, 0.3) is 6.43 Å². The van der Waals surface area contributed by atoms with Crippen molar-refractivity contribution in [3.63, 3.8) is 0 Å². The molecule has 5 nitrogen and oxygen atoms in total. The number of Topliss-reactive ketones (excluding diaryl/α,β-unsaturated/α-hetero) is 1. The molecule has 0 fully saturated rings. The number of aromatic nitrogens is 3. The van der Waals surface area contributed by atoms with Gasteiger partial charge in [-0.05, 0) is 15.9 Å². The first-order chi connectivity index (χ1) is 7.52. The highest BCUT2D eigenvalue weighted by Crippen LogP contribution is 2.13. The molecular weight excluding hydrogens is 288 g/mol. The third-order valence-corrected chi connectivity index (χ3v) is 2.30. The number of alkyl halides is 2. The first-order valence-corrected chi connectivity index (χ1v) is 5.26. The summed E-state index contributed by atoms with van der Waals surface area (Å²) in [6, 6.07) is 0. The van der Waals surface area contributed by atoms with Crippen molar-refractivity contribution >= 4 is 21.7 Å². The molecule has 0 amide bonds. The van der Waals surface area contributed by atoms with Gasteiger partial charge in [0, 0.05) is 13.5 Å². The molecule has 1 aromatic heterocycles. The van der Waals surface area contributed by atoms with Crippen molar-refractivity contribution in [1.82, 2.24) is 15.0 Å². The Morgan fingerprint density at radius 2 is 2.31 bits per heavy atom. The van der Waals surface area contributed by atoms with Crippen molar-refractivity contribution in [2.24, 2.45) is 7.05 Å². The van der Waals surface area contributed by atoms with Gasteiger partial charge in [0.05, 0.1) is 6.61 Å². The van der Waals surface area contributed by atoms with Gasteiger partial charge in [-0.1, -0.05) is 5.21 Å². The van der Waals surface area contributed by atoms with Crippen LogP contribution in [0.2, 0.25) is 0 Å². The Labute approximate surface area is 98.9 Å². The van der Waals surface area contributed by atoms with Crippen LogP contribution in [0.15, 0.2) is 4.60 Å². The molecule has 0 aliphatic carbocycles. The van der Waals surface area contributed by atoms with Gasteiger partial charge in [-0.2, -0.15) is 0 Å². The van der Waals surface area contributed by atoms with Gasteiger partial charge < -0.3 is 4.74 Å². The minimum Gasteiger partial charge on any atom is -0.375 e. The van der Waals surface area contributed by atoms with E-state index in [0.29, 0.717) is 10.3 Å². The lowest BCUT2D eigenvalue weighted by Gasteiger charge is -2.03. The van der Waals surface area contributed by atoms with Crippen molar-refractivity contribution in [3.8, 4) is 0 Å². The Morgan fingerprint density at radius 1 is 1.62 bits per heavy atom. The third-order valence-electron chi connectivity index (χ3n) is 1.77. The van der Waals surface area contributed by atoms with Crippen LogP contribution in [0.25, 0.3) is 0 Å². The number of carbonyl (C=O) groups is 1. The Bertz CT molecular complexity index is 351. The van der Waals surface area contributed by atoms with Gasteiger partial charge in [0.15, 0.2) is 10.4 Å². The zero-order valence-electron chi connectivity index (χ0n) is 8.49. The van der Waals surface area contributed by atoms with Crippen LogP contribution in [0, 0.1) is 0 Å². The van der Waals surface area contributed by atoms with Crippen LogP contribution >= 0.6 is 15.9 Å². The van der Waals surface area contributed by atoms with Crippen LogP contribution in [0.1, 0.15) is 16.9 Å². The number of aryl methyl sites for hydroxylation is 1. The molecule has 16 heavy (non-hydrogen) atoms. The summed E-state index contributed by atoms with van der Waals surface area (Å²) in [6.07, 6.45) is -2.49. The molecule has 1 aromatic rings. The second-order valence-corrected chi connectivity index (χ2v) is 3.74. The molecule has 0 saturated carbocycles. The summed E-state index contributed by atoms with van der Waals surface area (Å²) in [4.78, 5) is 11.6. The second kappa shape index (κ2) is 6.00. The molecule has 0 unspecified atom stereocenters. The van der Waals surface area contributed by atoms with Crippen LogP contribution in [-0.4, -0.2) is 40.4 Å². The topological polar surface area (TPSA) is 57.0 Å². The van der Waals surface area contributed by atoms with Gasteiger partial charge in [-0.3, -0.25) is 4.79 Å². The number of carbonyl (C=O) groups excluding carboxylic acids is 1. The maximum Gasteiger partial charge on any atom is 0.261 e. The molecule has 0 bridgehead atoms. The molecule has 0 atom stereocenters. The van der Waals surface area contributed by atoms with E-state index in [4.69, 9.17) is 0 Å². The van der Waals surface area contributed by atoms with Crippen molar-refractivity contribution in [2.75, 3.05) is 13.2 Å². The standard InChI is InChI=1S/C8H10BrF2N3O2/c1-14-7(8(9)12-13-14)5(15)2-3-16-4-6(10)11/h6H,2-4H2,1H3. The van der Waals surface area contributed by atoms with E-state index in [-0.39, 0.29) is 18.8 Å². The highest BCUT2D eigenvalue weighted by molar-refractivity contribution is 9.10. The number of nitrogens with zero attached hydrogens (tertiary/aromatic N) is 3. The summed E-state index contributed by atoms with van der Waals surface area (Å²) in [7, 11) is 1.57. The fourth-order valence-corrected chi connectivity index (χ4v) is 1.63. The maximum atomic E-state index is 11.7. The van der Waals surface area contributed by atoms with Crippen molar-refractivity contribution in [1.29, 1.82) is 0 Å². The SMILES string of the molecule is Cn1nnc(Br)c1C(=O)CCOCC(F)F. The fourth-order valence-electron chi connectivity index (χ4n) is 1.08. The molecular formula is C8H10BrF2N3O2. The minimum absolute atomic E-state index is 0.0204. The second-order valence-electron chi connectivity index (χ2n) is 2.99. The Hall–Kier alpha value is -0.890. The van der Waals surface area contributed by atoms with E-state index in [9.17, 15) is 13.6 Å². The summed E-state index contributed by atoms with van der Waals surface area (Å²) in [5.74, 6) is -0.256. The lowest BCUT2D eigenvalue weighted by atomic mass is 10.2. The van der Waals surface area contributed by atoms with Crippen LogP contribution < -0.4 is 0 Å². The molecule has 0 radical (unpaired) electrons. The monoisotopic (exact) mass is 297 g/mol. The molecule has 90 valence electrons. The van der Waals surface area contributed by atoms with E-state index in [1.54, 1.807) is 7.05 Å². The molecule has 1 heterocycles. The summed E-state index contributed by atoms with van der Waals surface area (Å²) in [6.45, 7) is -0.696. The first kappa shape index (κ1) is 13.2. The quantitative estimate of drug-likeness (QED) is 0.589. The van der Waals surface area contributed by atoms with Gasteiger partial charge >= 0.3 is 0 Å². The minimum atomic E-state index is -2.51. The zero-order valence-corrected chi connectivity index (χ0v) is 10.1. The summed E-state index contributed by atoms with van der Waals surface area (Å²) < 4.78 is 29.7. The molecule has 0 saturated heterocycles. The predicted octanol–water partition coefficient (Wildman–Crippen LogP) is 1.43. The van der Waals surface area contributed by atoms with E-state index in [0.717, 1.165) is 0 Å². The van der Waals surface area contributed by atoms with Crippen molar-refractivity contribution in [2.45, 2.75) is 12.8 Å². The average Bonchev–Trinajstić information content (AvgIpc) is 2.53. The molecule has 0 aliphatic heterocycles. The van der Waals surface area contributed by atoms with Crippen molar-refractivity contribution in [3.05, 3.63) is 10.3 Å². The molecule has 8 heteroatoms. The maximum absolute atomic E-state index is 11.7.